The molecule has 1 saturated carbocycles. The van der Waals surface area contributed by atoms with E-state index < -0.39 is 5.97 Å². The number of hydrogen-bond acceptors (Lipinski definition) is 5. The predicted octanol–water partition coefficient (Wildman–Crippen LogP) is 3.60. The molecule has 32 heavy (non-hydrogen) atoms. The molecule has 0 radical (unpaired) electrons. The highest BCUT2D eigenvalue weighted by molar-refractivity contribution is 6.25. The Bertz CT molecular complexity index is 989. The van der Waals surface area contributed by atoms with E-state index in [2.05, 4.69) is 5.32 Å². The van der Waals surface area contributed by atoms with E-state index in [9.17, 15) is 19.2 Å². The highest BCUT2D eigenvalue weighted by Crippen LogP contribution is 2.30. The summed E-state index contributed by atoms with van der Waals surface area (Å²) in [4.78, 5) is 51.0. The molecule has 0 bridgehead atoms. The van der Waals surface area contributed by atoms with Crippen molar-refractivity contribution in [3.8, 4) is 0 Å². The third-order valence-electron chi connectivity index (χ3n) is 6.20. The molecule has 7 nitrogen and oxygen atoms in total. The highest BCUT2D eigenvalue weighted by atomic mass is 16.5. The van der Waals surface area contributed by atoms with Crippen molar-refractivity contribution in [1.29, 1.82) is 0 Å². The van der Waals surface area contributed by atoms with Crippen molar-refractivity contribution in [2.45, 2.75) is 57.4 Å². The van der Waals surface area contributed by atoms with Crippen molar-refractivity contribution in [3.63, 3.8) is 0 Å². The molecule has 1 aliphatic heterocycles. The van der Waals surface area contributed by atoms with Crippen LogP contribution in [0.5, 0.6) is 0 Å². The van der Waals surface area contributed by atoms with Gasteiger partial charge in [0, 0.05) is 35.5 Å². The average molecular weight is 437 g/mol. The number of nitrogens with one attached hydrogen (secondary N) is 1. The molecule has 0 spiro atoms. The maximum atomic E-state index is 12.9. The summed E-state index contributed by atoms with van der Waals surface area (Å²) in [6, 6.07) is 10.9. The molecule has 4 rings (SSSR count). The van der Waals surface area contributed by atoms with Gasteiger partial charge in [0.2, 0.25) is 0 Å². The topological polar surface area (TPSA) is 92.8 Å². The number of ether oxygens (including phenoxy) is 1. The lowest BCUT2D eigenvalue weighted by Crippen LogP contribution is -2.41. The van der Waals surface area contributed by atoms with Crippen LogP contribution in [0.3, 0.4) is 0 Å². The zero-order valence-corrected chi connectivity index (χ0v) is 18.1. The molecular weight excluding hydrogens is 408 g/mol. The van der Waals surface area contributed by atoms with Crippen molar-refractivity contribution < 1.29 is 23.9 Å². The molecule has 2 aromatic rings. The fourth-order valence-electron chi connectivity index (χ4n) is 4.58. The molecule has 1 heterocycles. The zero-order valence-electron chi connectivity index (χ0n) is 18.1. The van der Waals surface area contributed by atoms with E-state index in [1.165, 1.54) is 17.7 Å². The van der Waals surface area contributed by atoms with E-state index in [4.69, 9.17) is 4.74 Å². The quantitative estimate of drug-likeness (QED) is 0.407. The summed E-state index contributed by atoms with van der Waals surface area (Å²) in [5.41, 5.74) is 0.992. The van der Waals surface area contributed by atoms with Gasteiger partial charge in [-0.3, -0.25) is 24.1 Å². The Morgan fingerprint density at radius 1 is 0.938 bits per heavy atom. The Kier molecular flexibility index (Phi) is 6.83. The Hall–Kier alpha value is -3.22. The van der Waals surface area contributed by atoms with Crippen LogP contribution in [0.4, 0.5) is 0 Å². The monoisotopic (exact) mass is 436 g/mol. The zero-order chi connectivity index (χ0) is 22.5. The Labute approximate surface area is 187 Å². The Morgan fingerprint density at radius 3 is 2.19 bits per heavy atom. The van der Waals surface area contributed by atoms with Crippen molar-refractivity contribution in [2.24, 2.45) is 0 Å². The number of benzene rings is 2. The molecule has 0 unspecified atom stereocenters. The minimum absolute atomic E-state index is 0.0274. The molecular formula is C25H28N2O5. The fraction of sp³-hybridized carbons (Fsp3) is 0.440. The van der Waals surface area contributed by atoms with Crippen LogP contribution in [0.1, 0.15) is 72.1 Å². The lowest BCUT2D eigenvalue weighted by molar-refractivity contribution is -0.148. The summed E-state index contributed by atoms with van der Waals surface area (Å²) in [5, 5.41) is 4.47. The van der Waals surface area contributed by atoms with Gasteiger partial charge >= 0.3 is 5.97 Å². The average Bonchev–Trinajstić information content (AvgIpc) is 3.07. The molecule has 2 aromatic carbocycles. The lowest BCUT2D eigenvalue weighted by Gasteiger charge is -2.27. The molecule has 1 fully saturated rings. The van der Waals surface area contributed by atoms with Crippen LogP contribution in [0, 0.1) is 0 Å². The van der Waals surface area contributed by atoms with Gasteiger partial charge in [0.15, 0.2) is 6.61 Å². The Morgan fingerprint density at radius 2 is 1.56 bits per heavy atom. The standard InChI is InChI=1S/C25H28N2O5/c28-21(26-18-10-3-1-2-4-11-18)16-32-22(29)14-7-15-27-24(30)19-12-5-8-17-9-6-13-20(23(17)19)25(27)31/h5-6,8-9,12-13,18H,1-4,7,10-11,14-16H2,(H,26,28). The fourth-order valence-corrected chi connectivity index (χ4v) is 4.58. The van der Waals surface area contributed by atoms with E-state index >= 15 is 0 Å². The third-order valence-corrected chi connectivity index (χ3v) is 6.20. The molecule has 7 heteroatoms. The van der Waals surface area contributed by atoms with Gasteiger partial charge < -0.3 is 10.1 Å². The van der Waals surface area contributed by atoms with Crippen LogP contribution in [0.25, 0.3) is 10.8 Å². The van der Waals surface area contributed by atoms with Gasteiger partial charge in [-0.25, -0.2) is 0 Å². The maximum absolute atomic E-state index is 12.9. The minimum atomic E-state index is -0.513. The number of carbonyl (C=O) groups excluding carboxylic acids is 4. The minimum Gasteiger partial charge on any atom is -0.456 e. The summed E-state index contributed by atoms with van der Waals surface area (Å²) < 4.78 is 5.08. The number of rotatable bonds is 7. The van der Waals surface area contributed by atoms with Crippen LogP contribution in [0.15, 0.2) is 36.4 Å². The number of amides is 3. The van der Waals surface area contributed by atoms with Crippen LogP contribution in [0.2, 0.25) is 0 Å². The Balaban J connectivity index is 1.25. The summed E-state index contributed by atoms with van der Waals surface area (Å²) in [5.74, 6) is -1.50. The van der Waals surface area contributed by atoms with Gasteiger partial charge in [-0.1, -0.05) is 49.9 Å². The van der Waals surface area contributed by atoms with Gasteiger partial charge in [-0.15, -0.1) is 0 Å². The van der Waals surface area contributed by atoms with E-state index in [-0.39, 0.29) is 49.8 Å². The molecule has 0 aromatic heterocycles. The molecule has 168 valence electrons. The number of imide groups is 1. The first kappa shape index (κ1) is 22.0. The van der Waals surface area contributed by atoms with Gasteiger partial charge in [0.1, 0.15) is 0 Å². The number of esters is 1. The summed E-state index contributed by atoms with van der Waals surface area (Å²) in [6.45, 7) is -0.182. The van der Waals surface area contributed by atoms with E-state index in [1.54, 1.807) is 24.3 Å². The van der Waals surface area contributed by atoms with Crippen LogP contribution < -0.4 is 5.32 Å². The van der Waals surface area contributed by atoms with E-state index in [1.807, 2.05) is 12.1 Å². The van der Waals surface area contributed by atoms with Crippen molar-refractivity contribution >= 4 is 34.5 Å². The first-order chi connectivity index (χ1) is 15.5. The molecule has 3 amide bonds. The summed E-state index contributed by atoms with van der Waals surface area (Å²) in [6.07, 6.45) is 6.85. The molecule has 1 N–H and O–H groups in total. The summed E-state index contributed by atoms with van der Waals surface area (Å²) in [7, 11) is 0. The summed E-state index contributed by atoms with van der Waals surface area (Å²) >= 11 is 0. The van der Waals surface area contributed by atoms with E-state index in [0.717, 1.165) is 31.1 Å². The lowest BCUT2D eigenvalue weighted by atomic mass is 9.94. The third kappa shape index (κ3) is 4.82. The normalized spacial score (nSPS) is 16.7. The number of hydrogen-bond donors (Lipinski definition) is 1. The number of nitrogens with zero attached hydrogens (tertiary/aromatic N) is 1. The van der Waals surface area contributed by atoms with Crippen LogP contribution >= 0.6 is 0 Å². The maximum Gasteiger partial charge on any atom is 0.306 e. The van der Waals surface area contributed by atoms with Crippen LogP contribution in [-0.2, 0) is 14.3 Å². The second-order valence-electron chi connectivity index (χ2n) is 8.49. The van der Waals surface area contributed by atoms with Crippen molar-refractivity contribution in [1.82, 2.24) is 10.2 Å². The molecule has 0 atom stereocenters. The van der Waals surface area contributed by atoms with Gasteiger partial charge in [-0.05, 0) is 36.8 Å². The van der Waals surface area contributed by atoms with Gasteiger partial charge in [0.05, 0.1) is 0 Å². The van der Waals surface area contributed by atoms with Crippen molar-refractivity contribution in [2.75, 3.05) is 13.2 Å². The molecule has 0 saturated heterocycles. The van der Waals surface area contributed by atoms with E-state index in [0.29, 0.717) is 16.5 Å². The van der Waals surface area contributed by atoms with Gasteiger partial charge in [-0.2, -0.15) is 0 Å². The predicted molar refractivity (Wildman–Crippen MR) is 119 cm³/mol. The van der Waals surface area contributed by atoms with Crippen LogP contribution in [-0.4, -0.2) is 47.8 Å². The first-order valence-corrected chi connectivity index (χ1v) is 11.4. The van der Waals surface area contributed by atoms with Crippen molar-refractivity contribution in [3.05, 3.63) is 47.5 Å². The largest absolute Gasteiger partial charge is 0.456 e. The molecule has 1 aliphatic carbocycles. The second-order valence-corrected chi connectivity index (χ2v) is 8.49. The van der Waals surface area contributed by atoms with Gasteiger partial charge in [0.25, 0.3) is 17.7 Å². The highest BCUT2D eigenvalue weighted by Gasteiger charge is 2.32. The SMILES string of the molecule is O=C(COC(=O)CCCN1C(=O)c2cccc3cccc(c23)C1=O)NC1CCCCCC1. The second kappa shape index (κ2) is 9.94. The smallest absolute Gasteiger partial charge is 0.306 e. The molecule has 2 aliphatic rings. The first-order valence-electron chi connectivity index (χ1n) is 11.4. The number of carbonyl (C=O) groups is 4.